The van der Waals surface area contributed by atoms with Gasteiger partial charge in [-0.3, -0.25) is 14.6 Å². The number of sulfone groups is 1. The van der Waals surface area contributed by atoms with E-state index in [0.29, 0.717) is 11.7 Å². The Kier molecular flexibility index (Phi) is 7.20. The Balaban J connectivity index is 1.54. The van der Waals surface area contributed by atoms with Gasteiger partial charge in [0.15, 0.2) is 15.0 Å². The average molecular weight is 474 g/mol. The zero-order valence-corrected chi connectivity index (χ0v) is 19.7. The molecule has 170 valence electrons. The number of fused-ring (bicyclic) bond motifs is 1. The number of ether oxygens (including phenoxy) is 1. The molecule has 0 aliphatic carbocycles. The Morgan fingerprint density at radius 2 is 1.91 bits per heavy atom. The van der Waals surface area contributed by atoms with Crippen LogP contribution in [0.3, 0.4) is 0 Å². The summed E-state index contributed by atoms with van der Waals surface area (Å²) in [4.78, 5) is 21.9. The fourth-order valence-corrected chi connectivity index (χ4v) is 6.02. The summed E-state index contributed by atoms with van der Waals surface area (Å²) >= 11 is 1.42. The van der Waals surface area contributed by atoms with E-state index in [9.17, 15) is 13.2 Å². The van der Waals surface area contributed by atoms with Gasteiger partial charge in [0.2, 0.25) is 5.91 Å². The fraction of sp³-hybridized carbons (Fsp3) is 0.391. The van der Waals surface area contributed by atoms with E-state index in [2.05, 4.69) is 9.88 Å². The number of carbonyl (C=O) groups excluding carboxylic acids is 1. The van der Waals surface area contributed by atoms with Gasteiger partial charge in [-0.05, 0) is 43.2 Å². The average Bonchev–Trinajstić information content (AvgIpc) is 3.20. The van der Waals surface area contributed by atoms with Gasteiger partial charge in [-0.1, -0.05) is 35.6 Å². The lowest BCUT2D eigenvalue weighted by atomic mass is 10.2. The first kappa shape index (κ1) is 22.8. The molecule has 1 aromatic heterocycles. The molecule has 1 aliphatic rings. The quantitative estimate of drug-likeness (QED) is 0.500. The molecule has 0 atom stereocenters. The van der Waals surface area contributed by atoms with Crippen LogP contribution in [0.1, 0.15) is 12.0 Å². The van der Waals surface area contributed by atoms with Crippen LogP contribution in [0.4, 0.5) is 5.13 Å². The van der Waals surface area contributed by atoms with Crippen LogP contribution in [-0.4, -0.2) is 69.4 Å². The molecule has 0 spiro atoms. The van der Waals surface area contributed by atoms with Gasteiger partial charge in [0, 0.05) is 26.2 Å². The van der Waals surface area contributed by atoms with Gasteiger partial charge in [0.25, 0.3) is 0 Å². The van der Waals surface area contributed by atoms with E-state index in [-0.39, 0.29) is 4.90 Å². The lowest BCUT2D eigenvalue weighted by molar-refractivity contribution is -0.116. The van der Waals surface area contributed by atoms with Crippen molar-refractivity contribution in [2.75, 3.05) is 50.0 Å². The molecule has 7 nitrogen and oxygen atoms in total. The van der Waals surface area contributed by atoms with Crippen molar-refractivity contribution < 1.29 is 17.9 Å². The third-order valence-electron chi connectivity index (χ3n) is 5.44. The van der Waals surface area contributed by atoms with Crippen LogP contribution in [0, 0.1) is 6.92 Å². The second-order valence-electron chi connectivity index (χ2n) is 7.89. The van der Waals surface area contributed by atoms with Crippen LogP contribution in [0.15, 0.2) is 53.4 Å². The molecule has 4 rings (SSSR count). The monoisotopic (exact) mass is 473 g/mol. The highest BCUT2D eigenvalue weighted by Crippen LogP contribution is 2.30. The molecule has 0 radical (unpaired) electrons. The van der Waals surface area contributed by atoms with Gasteiger partial charge in [-0.25, -0.2) is 13.4 Å². The Bertz CT molecular complexity index is 1170. The number of carbonyl (C=O) groups is 1. The number of thiazole rings is 1. The second kappa shape index (κ2) is 10.1. The summed E-state index contributed by atoms with van der Waals surface area (Å²) in [7, 11) is -3.74. The van der Waals surface area contributed by atoms with E-state index in [4.69, 9.17) is 4.74 Å². The van der Waals surface area contributed by atoms with Crippen LogP contribution >= 0.6 is 11.3 Å². The van der Waals surface area contributed by atoms with Crippen molar-refractivity contribution in [3.8, 4) is 0 Å². The van der Waals surface area contributed by atoms with Gasteiger partial charge >= 0.3 is 0 Å². The minimum atomic E-state index is -3.74. The minimum absolute atomic E-state index is 0.154. The number of hydrogen-bond donors (Lipinski definition) is 0. The molecule has 1 amide bonds. The van der Waals surface area contributed by atoms with Crippen LogP contribution in [0.25, 0.3) is 10.2 Å². The summed E-state index contributed by atoms with van der Waals surface area (Å²) in [6, 6.07) is 14.1. The predicted molar refractivity (Wildman–Crippen MR) is 127 cm³/mol. The summed E-state index contributed by atoms with van der Waals surface area (Å²) < 4.78 is 32.0. The third kappa shape index (κ3) is 5.53. The zero-order chi connectivity index (χ0) is 22.6. The Labute approximate surface area is 192 Å². The number of anilines is 1. The number of benzene rings is 2. The van der Waals surface area contributed by atoms with Crippen molar-refractivity contribution in [1.82, 2.24) is 9.88 Å². The van der Waals surface area contributed by atoms with Crippen molar-refractivity contribution in [2.45, 2.75) is 18.2 Å². The van der Waals surface area contributed by atoms with E-state index < -0.39 is 21.5 Å². The lowest BCUT2D eigenvalue weighted by Crippen LogP contribution is -2.40. The van der Waals surface area contributed by atoms with Gasteiger partial charge in [-0.15, -0.1) is 0 Å². The molecule has 0 bridgehead atoms. The molecule has 1 aliphatic heterocycles. The maximum Gasteiger partial charge on any atom is 0.244 e. The molecule has 9 heteroatoms. The first-order valence-corrected chi connectivity index (χ1v) is 13.1. The number of amides is 1. The summed E-state index contributed by atoms with van der Waals surface area (Å²) in [5, 5.41) is 0.542. The lowest BCUT2D eigenvalue weighted by Gasteiger charge is -2.27. The van der Waals surface area contributed by atoms with Gasteiger partial charge in [0.1, 0.15) is 5.75 Å². The first-order chi connectivity index (χ1) is 15.4. The third-order valence-corrected chi connectivity index (χ3v) is 8.10. The number of rotatable bonds is 8. The number of aryl methyl sites for hydroxylation is 1. The number of nitrogens with zero attached hydrogens (tertiary/aromatic N) is 3. The zero-order valence-electron chi connectivity index (χ0n) is 18.1. The molecule has 0 saturated carbocycles. The van der Waals surface area contributed by atoms with Crippen molar-refractivity contribution in [3.05, 3.63) is 54.1 Å². The fourth-order valence-electron chi connectivity index (χ4n) is 3.69. The van der Waals surface area contributed by atoms with Crippen LogP contribution in [0.2, 0.25) is 0 Å². The largest absolute Gasteiger partial charge is 0.379 e. The molecule has 2 aromatic carbocycles. The van der Waals surface area contributed by atoms with E-state index >= 15 is 0 Å². The first-order valence-electron chi connectivity index (χ1n) is 10.7. The van der Waals surface area contributed by atoms with E-state index in [1.54, 1.807) is 23.1 Å². The van der Waals surface area contributed by atoms with E-state index in [0.717, 1.165) is 55.0 Å². The summed E-state index contributed by atoms with van der Waals surface area (Å²) in [5.41, 5.74) is 1.93. The maximum absolute atomic E-state index is 13.2. The topological polar surface area (TPSA) is 79.8 Å². The van der Waals surface area contributed by atoms with Crippen molar-refractivity contribution in [2.24, 2.45) is 0 Å². The van der Waals surface area contributed by atoms with Crippen molar-refractivity contribution in [3.63, 3.8) is 0 Å². The summed E-state index contributed by atoms with van der Waals surface area (Å²) in [6.45, 7) is 6.43. The van der Waals surface area contributed by atoms with Crippen molar-refractivity contribution >= 4 is 42.4 Å². The molecule has 2 heterocycles. The second-order valence-corrected chi connectivity index (χ2v) is 10.9. The molecular weight excluding hydrogens is 446 g/mol. The smallest absolute Gasteiger partial charge is 0.244 e. The highest BCUT2D eigenvalue weighted by Gasteiger charge is 2.26. The van der Waals surface area contributed by atoms with Crippen LogP contribution in [0.5, 0.6) is 0 Å². The highest BCUT2D eigenvalue weighted by atomic mass is 32.2. The van der Waals surface area contributed by atoms with Crippen molar-refractivity contribution in [1.29, 1.82) is 0 Å². The molecule has 0 unspecified atom stereocenters. The predicted octanol–water partition coefficient (Wildman–Crippen LogP) is 3.13. The Hall–Kier alpha value is -2.33. The highest BCUT2D eigenvalue weighted by molar-refractivity contribution is 7.92. The number of aromatic nitrogens is 1. The summed E-state index contributed by atoms with van der Waals surface area (Å²) in [6.07, 6.45) is 0.728. The molecule has 3 aromatic rings. The molecule has 32 heavy (non-hydrogen) atoms. The number of morpholine rings is 1. The molecule has 1 saturated heterocycles. The van der Waals surface area contributed by atoms with E-state index in [1.165, 1.54) is 23.5 Å². The standard InChI is InChI=1S/C23H27N3O4S2/c1-18-8-9-20-21(16-18)31-23(24-20)26(11-5-10-25-12-14-30-15-13-25)22(27)17-32(28,29)19-6-3-2-4-7-19/h2-4,6-9,16H,5,10-15,17H2,1H3. The normalized spacial score (nSPS) is 15.2. The van der Waals surface area contributed by atoms with Gasteiger partial charge in [-0.2, -0.15) is 0 Å². The Morgan fingerprint density at radius 3 is 2.66 bits per heavy atom. The summed E-state index contributed by atoms with van der Waals surface area (Å²) in [5.74, 6) is -1.03. The van der Waals surface area contributed by atoms with Gasteiger partial charge in [0.05, 0.1) is 28.3 Å². The van der Waals surface area contributed by atoms with E-state index in [1.807, 2.05) is 25.1 Å². The SMILES string of the molecule is Cc1ccc2nc(N(CCCN3CCOCC3)C(=O)CS(=O)(=O)c3ccccc3)sc2c1. The molecule has 0 N–H and O–H groups in total. The van der Waals surface area contributed by atoms with Crippen LogP contribution in [-0.2, 0) is 19.4 Å². The van der Waals surface area contributed by atoms with Crippen LogP contribution < -0.4 is 4.90 Å². The maximum atomic E-state index is 13.2. The minimum Gasteiger partial charge on any atom is -0.379 e. The molecule has 1 fully saturated rings. The van der Waals surface area contributed by atoms with Gasteiger partial charge < -0.3 is 4.74 Å². The molecular formula is C23H27N3O4S2. The Morgan fingerprint density at radius 1 is 1.16 bits per heavy atom. The number of hydrogen-bond acceptors (Lipinski definition) is 7.